The van der Waals surface area contributed by atoms with Crippen LogP contribution in [-0.4, -0.2) is 38.0 Å². The van der Waals surface area contributed by atoms with Crippen molar-refractivity contribution < 1.29 is 19.0 Å². The van der Waals surface area contributed by atoms with Gasteiger partial charge in [0.25, 0.3) is 0 Å². The van der Waals surface area contributed by atoms with E-state index in [4.69, 9.17) is 14.2 Å². The Morgan fingerprint density at radius 3 is 2.44 bits per heavy atom. The van der Waals surface area contributed by atoms with Crippen LogP contribution in [0.15, 0.2) is 0 Å². The van der Waals surface area contributed by atoms with Gasteiger partial charge >= 0.3 is 5.97 Å². The second-order valence-corrected chi connectivity index (χ2v) is 4.49. The third-order valence-corrected chi connectivity index (χ3v) is 3.15. The molecule has 4 heteroatoms. The van der Waals surface area contributed by atoms with E-state index in [1.807, 2.05) is 0 Å². The van der Waals surface area contributed by atoms with Crippen LogP contribution < -0.4 is 0 Å². The zero-order valence-corrected chi connectivity index (χ0v) is 9.65. The van der Waals surface area contributed by atoms with E-state index in [0.717, 1.165) is 45.3 Å². The molecular formula is C12H20O4. The molecule has 2 rings (SSSR count). The van der Waals surface area contributed by atoms with Crippen LogP contribution in [0, 0.1) is 0 Å². The summed E-state index contributed by atoms with van der Waals surface area (Å²) < 4.78 is 16.0. The van der Waals surface area contributed by atoms with Crippen LogP contribution in [0.25, 0.3) is 0 Å². The summed E-state index contributed by atoms with van der Waals surface area (Å²) in [4.78, 5) is 11.4. The van der Waals surface area contributed by atoms with E-state index in [2.05, 4.69) is 0 Å². The van der Waals surface area contributed by atoms with Crippen LogP contribution in [0.5, 0.6) is 0 Å². The van der Waals surface area contributed by atoms with Gasteiger partial charge in [0, 0.05) is 19.6 Å². The Bertz CT molecular complexity index is 195. The first kappa shape index (κ1) is 11.9. The first-order valence-electron chi connectivity index (χ1n) is 6.23. The zero-order chi connectivity index (χ0) is 11.2. The molecule has 92 valence electrons. The molecule has 0 aromatic carbocycles. The van der Waals surface area contributed by atoms with E-state index in [-0.39, 0.29) is 18.2 Å². The summed E-state index contributed by atoms with van der Waals surface area (Å²) >= 11 is 0. The number of hydrogen-bond acceptors (Lipinski definition) is 4. The minimum absolute atomic E-state index is 0.119. The van der Waals surface area contributed by atoms with Gasteiger partial charge in [0.2, 0.25) is 0 Å². The Labute approximate surface area is 96.2 Å². The normalized spacial score (nSPS) is 29.5. The van der Waals surface area contributed by atoms with Crippen molar-refractivity contribution in [2.75, 3.05) is 19.8 Å². The lowest BCUT2D eigenvalue weighted by Gasteiger charge is -2.11. The lowest BCUT2D eigenvalue weighted by Crippen LogP contribution is -2.18. The first-order chi connectivity index (χ1) is 7.84. The van der Waals surface area contributed by atoms with Gasteiger partial charge in [-0.05, 0) is 32.1 Å². The Balaban J connectivity index is 1.53. The first-order valence-corrected chi connectivity index (χ1v) is 6.23. The summed E-state index contributed by atoms with van der Waals surface area (Å²) in [7, 11) is 0. The van der Waals surface area contributed by atoms with Gasteiger partial charge in [0.05, 0.1) is 12.2 Å². The predicted molar refractivity (Wildman–Crippen MR) is 58.1 cm³/mol. The van der Waals surface area contributed by atoms with Crippen LogP contribution in [0.2, 0.25) is 0 Å². The SMILES string of the molecule is O=C(CCC1CCCO1)OCC1CCCO1. The molecule has 2 atom stereocenters. The third kappa shape index (κ3) is 3.76. The Kier molecular flexibility index (Phi) is 4.60. The van der Waals surface area contributed by atoms with Crippen LogP contribution in [0.4, 0.5) is 0 Å². The molecule has 0 aromatic rings. The van der Waals surface area contributed by atoms with Gasteiger partial charge in [-0.2, -0.15) is 0 Å². The van der Waals surface area contributed by atoms with E-state index >= 15 is 0 Å². The quantitative estimate of drug-likeness (QED) is 0.671. The summed E-state index contributed by atoms with van der Waals surface area (Å²) in [6, 6.07) is 0. The minimum atomic E-state index is -0.119. The Morgan fingerprint density at radius 2 is 1.81 bits per heavy atom. The fraction of sp³-hybridized carbons (Fsp3) is 0.917. The van der Waals surface area contributed by atoms with Gasteiger partial charge < -0.3 is 14.2 Å². The molecule has 0 saturated carbocycles. The van der Waals surface area contributed by atoms with Crippen molar-refractivity contribution in [3.63, 3.8) is 0 Å². The molecule has 0 spiro atoms. The molecule has 2 aliphatic heterocycles. The molecule has 0 amide bonds. The van der Waals surface area contributed by atoms with Crippen molar-refractivity contribution in [2.24, 2.45) is 0 Å². The zero-order valence-electron chi connectivity index (χ0n) is 9.65. The van der Waals surface area contributed by atoms with Crippen LogP contribution in [0.1, 0.15) is 38.5 Å². The topological polar surface area (TPSA) is 44.8 Å². The average molecular weight is 228 g/mol. The fourth-order valence-corrected chi connectivity index (χ4v) is 2.18. The second-order valence-electron chi connectivity index (χ2n) is 4.49. The van der Waals surface area contributed by atoms with Crippen molar-refractivity contribution in [2.45, 2.75) is 50.7 Å². The highest BCUT2D eigenvalue weighted by Crippen LogP contribution is 2.17. The number of rotatable bonds is 5. The second kappa shape index (κ2) is 6.21. The molecule has 0 bridgehead atoms. The number of carbonyl (C=O) groups excluding carboxylic acids is 1. The maximum atomic E-state index is 11.4. The van der Waals surface area contributed by atoms with E-state index in [1.165, 1.54) is 0 Å². The van der Waals surface area contributed by atoms with Gasteiger partial charge in [0.1, 0.15) is 6.61 Å². The largest absolute Gasteiger partial charge is 0.463 e. The average Bonchev–Trinajstić information content (AvgIpc) is 2.96. The molecule has 2 fully saturated rings. The van der Waals surface area contributed by atoms with E-state index < -0.39 is 0 Å². The fourth-order valence-electron chi connectivity index (χ4n) is 2.18. The van der Waals surface area contributed by atoms with Crippen molar-refractivity contribution in [1.82, 2.24) is 0 Å². The van der Waals surface area contributed by atoms with Crippen LogP contribution in [0.3, 0.4) is 0 Å². The highest BCUT2D eigenvalue weighted by atomic mass is 16.6. The Hall–Kier alpha value is -0.610. The summed E-state index contributed by atoms with van der Waals surface area (Å²) in [5, 5.41) is 0. The van der Waals surface area contributed by atoms with Crippen molar-refractivity contribution in [1.29, 1.82) is 0 Å². The maximum absolute atomic E-state index is 11.4. The molecule has 0 aromatic heterocycles. The Morgan fingerprint density at radius 1 is 1.12 bits per heavy atom. The van der Waals surface area contributed by atoms with Crippen molar-refractivity contribution in [3.05, 3.63) is 0 Å². The number of hydrogen-bond donors (Lipinski definition) is 0. The summed E-state index contributed by atoms with van der Waals surface area (Å²) in [6.45, 7) is 2.07. The molecule has 2 aliphatic rings. The summed E-state index contributed by atoms with van der Waals surface area (Å²) in [5.74, 6) is -0.119. The van der Waals surface area contributed by atoms with Gasteiger partial charge in [-0.1, -0.05) is 0 Å². The molecule has 0 N–H and O–H groups in total. The lowest BCUT2D eigenvalue weighted by atomic mass is 10.1. The van der Waals surface area contributed by atoms with Gasteiger partial charge in [-0.15, -0.1) is 0 Å². The molecule has 4 nitrogen and oxygen atoms in total. The molecular weight excluding hydrogens is 208 g/mol. The van der Waals surface area contributed by atoms with Gasteiger partial charge in [-0.25, -0.2) is 0 Å². The summed E-state index contributed by atoms with van der Waals surface area (Å²) in [6.07, 6.45) is 5.97. The third-order valence-electron chi connectivity index (χ3n) is 3.15. The van der Waals surface area contributed by atoms with Crippen molar-refractivity contribution >= 4 is 5.97 Å². The maximum Gasteiger partial charge on any atom is 0.305 e. The molecule has 16 heavy (non-hydrogen) atoms. The van der Waals surface area contributed by atoms with Crippen LogP contribution >= 0.6 is 0 Å². The van der Waals surface area contributed by atoms with Gasteiger partial charge in [-0.3, -0.25) is 4.79 Å². The minimum Gasteiger partial charge on any atom is -0.463 e. The van der Waals surface area contributed by atoms with E-state index in [1.54, 1.807) is 0 Å². The smallest absolute Gasteiger partial charge is 0.305 e. The van der Waals surface area contributed by atoms with Crippen molar-refractivity contribution in [3.8, 4) is 0 Å². The highest BCUT2D eigenvalue weighted by Gasteiger charge is 2.19. The number of carbonyl (C=O) groups is 1. The lowest BCUT2D eigenvalue weighted by molar-refractivity contribution is -0.147. The monoisotopic (exact) mass is 228 g/mol. The van der Waals surface area contributed by atoms with Crippen LogP contribution in [-0.2, 0) is 19.0 Å². The summed E-state index contributed by atoms with van der Waals surface area (Å²) in [5.41, 5.74) is 0. The van der Waals surface area contributed by atoms with E-state index in [9.17, 15) is 4.79 Å². The van der Waals surface area contributed by atoms with Gasteiger partial charge in [0.15, 0.2) is 0 Å². The molecule has 2 saturated heterocycles. The predicted octanol–water partition coefficient (Wildman–Crippen LogP) is 1.67. The standard InChI is InChI=1S/C12H20O4/c13-12(6-5-10-3-1-7-14-10)16-9-11-4-2-8-15-11/h10-11H,1-9H2. The molecule has 0 radical (unpaired) electrons. The number of ether oxygens (including phenoxy) is 3. The number of esters is 1. The highest BCUT2D eigenvalue weighted by molar-refractivity contribution is 5.69. The van der Waals surface area contributed by atoms with E-state index in [0.29, 0.717) is 13.0 Å². The molecule has 2 heterocycles. The molecule has 0 aliphatic carbocycles. The molecule has 2 unspecified atom stereocenters.